The molecule has 0 bridgehead atoms. The predicted octanol–water partition coefficient (Wildman–Crippen LogP) is 3.43. The molecule has 3 nitrogen and oxygen atoms in total. The first-order valence-corrected chi connectivity index (χ1v) is 6.96. The monoisotopic (exact) mass is 269 g/mol. The SMILES string of the molecule is CC(c1ccc(CNNc2ccccc2)cc1)N(C)C. The van der Waals surface area contributed by atoms with Crippen molar-refractivity contribution in [3.63, 3.8) is 0 Å². The minimum absolute atomic E-state index is 0.444. The van der Waals surface area contributed by atoms with Crippen LogP contribution in [0.4, 0.5) is 5.69 Å². The van der Waals surface area contributed by atoms with Crippen molar-refractivity contribution in [2.24, 2.45) is 0 Å². The molecule has 0 amide bonds. The van der Waals surface area contributed by atoms with Crippen LogP contribution in [0.15, 0.2) is 54.6 Å². The molecular weight excluding hydrogens is 246 g/mol. The number of anilines is 1. The van der Waals surface area contributed by atoms with E-state index in [1.807, 2.05) is 30.3 Å². The molecule has 20 heavy (non-hydrogen) atoms. The molecule has 1 atom stereocenters. The molecule has 0 aliphatic rings. The summed E-state index contributed by atoms with van der Waals surface area (Å²) in [7, 11) is 4.20. The summed E-state index contributed by atoms with van der Waals surface area (Å²) < 4.78 is 0. The molecule has 106 valence electrons. The van der Waals surface area contributed by atoms with Crippen LogP contribution in [0.5, 0.6) is 0 Å². The molecule has 0 heterocycles. The summed E-state index contributed by atoms with van der Waals surface area (Å²) in [6.07, 6.45) is 0. The number of benzene rings is 2. The highest BCUT2D eigenvalue weighted by molar-refractivity contribution is 5.41. The van der Waals surface area contributed by atoms with E-state index in [0.29, 0.717) is 6.04 Å². The van der Waals surface area contributed by atoms with E-state index >= 15 is 0 Å². The van der Waals surface area contributed by atoms with Crippen molar-refractivity contribution in [1.82, 2.24) is 10.3 Å². The Morgan fingerprint density at radius 2 is 1.60 bits per heavy atom. The first-order chi connectivity index (χ1) is 9.66. The molecule has 0 aliphatic carbocycles. The number of nitrogens with one attached hydrogen (secondary N) is 2. The topological polar surface area (TPSA) is 27.3 Å². The average Bonchev–Trinajstić information content (AvgIpc) is 2.48. The minimum atomic E-state index is 0.444. The van der Waals surface area contributed by atoms with Gasteiger partial charge in [0.25, 0.3) is 0 Å². The first kappa shape index (κ1) is 14.6. The van der Waals surface area contributed by atoms with E-state index in [2.05, 4.69) is 61.0 Å². The Hall–Kier alpha value is -1.84. The maximum atomic E-state index is 3.23. The van der Waals surface area contributed by atoms with E-state index in [1.165, 1.54) is 11.1 Å². The van der Waals surface area contributed by atoms with Gasteiger partial charge in [-0.2, -0.15) is 0 Å². The lowest BCUT2D eigenvalue weighted by molar-refractivity contribution is 0.321. The highest BCUT2D eigenvalue weighted by Crippen LogP contribution is 2.17. The molecule has 0 fully saturated rings. The lowest BCUT2D eigenvalue weighted by atomic mass is 10.1. The maximum Gasteiger partial charge on any atom is 0.0487 e. The average molecular weight is 269 g/mol. The summed E-state index contributed by atoms with van der Waals surface area (Å²) in [5, 5.41) is 0. The van der Waals surface area contributed by atoms with Crippen LogP contribution in [0.25, 0.3) is 0 Å². The molecule has 2 N–H and O–H groups in total. The molecule has 1 unspecified atom stereocenters. The molecule has 0 radical (unpaired) electrons. The van der Waals surface area contributed by atoms with Crippen molar-refractivity contribution in [1.29, 1.82) is 0 Å². The second kappa shape index (κ2) is 7.08. The van der Waals surface area contributed by atoms with Crippen LogP contribution in [-0.2, 0) is 6.54 Å². The third kappa shape index (κ3) is 4.08. The lowest BCUT2D eigenvalue weighted by Crippen LogP contribution is -2.21. The van der Waals surface area contributed by atoms with E-state index in [4.69, 9.17) is 0 Å². The van der Waals surface area contributed by atoms with Crippen LogP contribution < -0.4 is 10.9 Å². The standard InChI is InChI=1S/C17H23N3/c1-14(20(2)3)16-11-9-15(10-12-16)13-18-19-17-7-5-4-6-8-17/h4-12,14,18-19H,13H2,1-3H3. The van der Waals surface area contributed by atoms with Crippen molar-refractivity contribution in [2.45, 2.75) is 19.5 Å². The zero-order valence-electron chi connectivity index (χ0n) is 12.4. The summed E-state index contributed by atoms with van der Waals surface area (Å²) >= 11 is 0. The first-order valence-electron chi connectivity index (χ1n) is 6.96. The summed E-state index contributed by atoms with van der Waals surface area (Å²) in [4.78, 5) is 2.21. The third-order valence-electron chi connectivity index (χ3n) is 3.54. The number of hydrazine groups is 1. The number of hydrogen-bond acceptors (Lipinski definition) is 3. The van der Waals surface area contributed by atoms with Gasteiger partial charge < -0.3 is 10.3 Å². The Labute approximate surface area is 121 Å². The second-order valence-electron chi connectivity index (χ2n) is 5.23. The summed E-state index contributed by atoms with van der Waals surface area (Å²) in [6.45, 7) is 3.01. The zero-order valence-corrected chi connectivity index (χ0v) is 12.4. The Morgan fingerprint density at radius 3 is 2.20 bits per heavy atom. The summed E-state index contributed by atoms with van der Waals surface area (Å²) in [5.41, 5.74) is 10.1. The van der Waals surface area contributed by atoms with Crippen LogP contribution in [0.1, 0.15) is 24.1 Å². The van der Waals surface area contributed by atoms with Gasteiger partial charge in [-0.05, 0) is 44.3 Å². The molecule has 0 spiro atoms. The van der Waals surface area contributed by atoms with E-state index in [-0.39, 0.29) is 0 Å². The van der Waals surface area contributed by atoms with E-state index in [0.717, 1.165) is 12.2 Å². The second-order valence-corrected chi connectivity index (χ2v) is 5.23. The normalized spacial score (nSPS) is 12.4. The van der Waals surface area contributed by atoms with Crippen LogP contribution >= 0.6 is 0 Å². The van der Waals surface area contributed by atoms with Gasteiger partial charge in [-0.1, -0.05) is 42.5 Å². The van der Waals surface area contributed by atoms with Crippen molar-refractivity contribution >= 4 is 5.69 Å². The van der Waals surface area contributed by atoms with Crippen molar-refractivity contribution in [2.75, 3.05) is 19.5 Å². The molecule has 2 aromatic rings. The van der Waals surface area contributed by atoms with Gasteiger partial charge in [0.1, 0.15) is 0 Å². The van der Waals surface area contributed by atoms with Crippen molar-refractivity contribution in [3.8, 4) is 0 Å². The van der Waals surface area contributed by atoms with Crippen LogP contribution in [-0.4, -0.2) is 19.0 Å². The highest BCUT2D eigenvalue weighted by atomic mass is 15.3. The minimum Gasteiger partial charge on any atom is -0.321 e. The Morgan fingerprint density at radius 1 is 0.950 bits per heavy atom. The molecule has 0 saturated heterocycles. The largest absolute Gasteiger partial charge is 0.321 e. The number of nitrogens with zero attached hydrogens (tertiary/aromatic N) is 1. The molecule has 0 aromatic heterocycles. The Balaban J connectivity index is 1.85. The number of hydrogen-bond donors (Lipinski definition) is 2. The van der Waals surface area contributed by atoms with Gasteiger partial charge in [0, 0.05) is 18.3 Å². The fourth-order valence-electron chi connectivity index (χ4n) is 1.98. The van der Waals surface area contributed by atoms with E-state index in [9.17, 15) is 0 Å². The van der Waals surface area contributed by atoms with Gasteiger partial charge in [0.2, 0.25) is 0 Å². The van der Waals surface area contributed by atoms with Gasteiger partial charge >= 0.3 is 0 Å². The van der Waals surface area contributed by atoms with E-state index in [1.54, 1.807) is 0 Å². The molecule has 0 aliphatic heterocycles. The maximum absolute atomic E-state index is 3.23. The van der Waals surface area contributed by atoms with Gasteiger partial charge in [-0.25, -0.2) is 5.43 Å². The van der Waals surface area contributed by atoms with Crippen LogP contribution in [0.3, 0.4) is 0 Å². The molecule has 0 saturated carbocycles. The fraction of sp³-hybridized carbons (Fsp3) is 0.294. The quantitative estimate of drug-likeness (QED) is 0.787. The van der Waals surface area contributed by atoms with Gasteiger partial charge in [-0.3, -0.25) is 0 Å². The zero-order chi connectivity index (χ0) is 14.4. The van der Waals surface area contributed by atoms with Gasteiger partial charge in [-0.15, -0.1) is 0 Å². The number of para-hydroxylation sites is 1. The van der Waals surface area contributed by atoms with Crippen molar-refractivity contribution in [3.05, 3.63) is 65.7 Å². The van der Waals surface area contributed by atoms with Gasteiger partial charge in [0.15, 0.2) is 0 Å². The van der Waals surface area contributed by atoms with E-state index < -0.39 is 0 Å². The Kier molecular flexibility index (Phi) is 5.16. The van der Waals surface area contributed by atoms with Crippen LogP contribution in [0.2, 0.25) is 0 Å². The lowest BCUT2D eigenvalue weighted by Gasteiger charge is -2.20. The highest BCUT2D eigenvalue weighted by Gasteiger charge is 2.06. The molecule has 3 heteroatoms. The molecule has 2 aromatic carbocycles. The summed E-state index contributed by atoms with van der Waals surface area (Å²) in [6, 6.07) is 19.3. The third-order valence-corrected chi connectivity index (χ3v) is 3.54. The van der Waals surface area contributed by atoms with Crippen molar-refractivity contribution < 1.29 is 0 Å². The van der Waals surface area contributed by atoms with Gasteiger partial charge in [0.05, 0.1) is 0 Å². The Bertz CT molecular complexity index is 506. The molecule has 2 rings (SSSR count). The summed E-state index contributed by atoms with van der Waals surface area (Å²) in [5.74, 6) is 0. The molecular formula is C17H23N3. The van der Waals surface area contributed by atoms with Crippen LogP contribution in [0, 0.1) is 0 Å². The number of rotatable bonds is 6. The fourth-order valence-corrected chi connectivity index (χ4v) is 1.98. The smallest absolute Gasteiger partial charge is 0.0487 e. The predicted molar refractivity (Wildman–Crippen MR) is 85.4 cm³/mol.